The first-order valence-electron chi connectivity index (χ1n) is 4.82. The Morgan fingerprint density at radius 2 is 2.20 bits per heavy atom. The van der Waals surface area contributed by atoms with Crippen molar-refractivity contribution in [3.05, 3.63) is 35.2 Å². The van der Waals surface area contributed by atoms with E-state index in [-0.39, 0.29) is 6.61 Å². The fourth-order valence-electron chi connectivity index (χ4n) is 1.41. The van der Waals surface area contributed by atoms with Crippen molar-refractivity contribution in [2.24, 2.45) is 0 Å². The minimum atomic E-state index is 0.157. The predicted molar refractivity (Wildman–Crippen MR) is 60.0 cm³/mol. The molecule has 4 heteroatoms. The van der Waals surface area contributed by atoms with Gasteiger partial charge in [0.15, 0.2) is 0 Å². The topological polar surface area (TPSA) is 46.0 Å². The van der Waals surface area contributed by atoms with Gasteiger partial charge in [0.25, 0.3) is 0 Å². The highest BCUT2D eigenvalue weighted by Gasteiger charge is 2.02. The van der Waals surface area contributed by atoms with Crippen LogP contribution in [0.3, 0.4) is 0 Å². The van der Waals surface area contributed by atoms with Crippen molar-refractivity contribution in [1.29, 1.82) is 0 Å². The van der Waals surface area contributed by atoms with Gasteiger partial charge in [-0.1, -0.05) is 23.7 Å². The number of aliphatic hydroxyl groups excluding tert-OH is 1. The molecule has 0 saturated heterocycles. The molecule has 0 atom stereocenters. The molecule has 0 aliphatic heterocycles. The number of hydrogen-bond donors (Lipinski definition) is 1. The van der Waals surface area contributed by atoms with Gasteiger partial charge in [0.2, 0.25) is 0 Å². The van der Waals surface area contributed by atoms with Crippen LogP contribution < -0.4 is 0 Å². The fraction of sp³-hybridized carbons (Fsp3) is 0.273. The average molecular weight is 223 g/mol. The Labute approximate surface area is 92.7 Å². The maximum atomic E-state index is 8.71. The molecule has 1 N–H and O–H groups in total. The first kappa shape index (κ1) is 10.3. The molecule has 0 radical (unpaired) electrons. The lowest BCUT2D eigenvalue weighted by Crippen LogP contribution is -1.97. The van der Waals surface area contributed by atoms with E-state index in [0.717, 1.165) is 16.7 Å². The zero-order valence-corrected chi connectivity index (χ0v) is 8.91. The molecule has 1 heterocycles. The monoisotopic (exact) mass is 222 g/mol. The standard InChI is InChI=1S/C11H11ClN2O/c12-9-4-1-3-8-7-13-10(5-2-6-15)14-11(8)9/h1,3-4,7,15H,2,5-6H2. The summed E-state index contributed by atoms with van der Waals surface area (Å²) in [5, 5.41) is 10.3. The van der Waals surface area contributed by atoms with E-state index in [4.69, 9.17) is 16.7 Å². The summed E-state index contributed by atoms with van der Waals surface area (Å²) < 4.78 is 0. The zero-order valence-electron chi connectivity index (χ0n) is 8.15. The van der Waals surface area contributed by atoms with Crippen LogP contribution in [0, 0.1) is 0 Å². The van der Waals surface area contributed by atoms with Gasteiger partial charge in [-0.3, -0.25) is 0 Å². The Kier molecular flexibility index (Phi) is 3.14. The van der Waals surface area contributed by atoms with Crippen LogP contribution in [-0.2, 0) is 6.42 Å². The minimum Gasteiger partial charge on any atom is -0.396 e. The number of aryl methyl sites for hydroxylation is 1. The van der Waals surface area contributed by atoms with Crippen LogP contribution in [-0.4, -0.2) is 21.7 Å². The summed E-state index contributed by atoms with van der Waals surface area (Å²) in [5.41, 5.74) is 0.780. The molecular formula is C11H11ClN2O. The van der Waals surface area contributed by atoms with E-state index in [2.05, 4.69) is 9.97 Å². The Morgan fingerprint density at radius 3 is 3.00 bits per heavy atom. The number of benzene rings is 1. The zero-order chi connectivity index (χ0) is 10.7. The second-order valence-corrected chi connectivity index (χ2v) is 3.70. The lowest BCUT2D eigenvalue weighted by atomic mass is 10.2. The van der Waals surface area contributed by atoms with E-state index in [0.29, 0.717) is 17.9 Å². The third-order valence-corrected chi connectivity index (χ3v) is 2.48. The second-order valence-electron chi connectivity index (χ2n) is 3.29. The summed E-state index contributed by atoms with van der Waals surface area (Å²) >= 11 is 6.02. The van der Waals surface area contributed by atoms with Crippen molar-refractivity contribution in [3.8, 4) is 0 Å². The number of para-hydroxylation sites is 1. The summed E-state index contributed by atoms with van der Waals surface area (Å²) in [6.07, 6.45) is 3.12. The van der Waals surface area contributed by atoms with Crippen LogP contribution in [0.25, 0.3) is 10.9 Å². The SMILES string of the molecule is OCCCc1ncc2cccc(Cl)c2n1. The molecule has 0 fully saturated rings. The summed E-state index contributed by atoms with van der Waals surface area (Å²) in [6.45, 7) is 0.157. The van der Waals surface area contributed by atoms with Crippen molar-refractivity contribution in [2.45, 2.75) is 12.8 Å². The smallest absolute Gasteiger partial charge is 0.129 e. The number of nitrogens with zero attached hydrogens (tertiary/aromatic N) is 2. The van der Waals surface area contributed by atoms with Crippen molar-refractivity contribution in [1.82, 2.24) is 9.97 Å². The molecule has 0 unspecified atom stereocenters. The lowest BCUT2D eigenvalue weighted by Gasteiger charge is -2.02. The van der Waals surface area contributed by atoms with Gasteiger partial charge in [-0.25, -0.2) is 9.97 Å². The van der Waals surface area contributed by atoms with E-state index >= 15 is 0 Å². The molecule has 1 aromatic carbocycles. The molecule has 15 heavy (non-hydrogen) atoms. The number of aliphatic hydroxyl groups is 1. The second kappa shape index (κ2) is 4.55. The molecule has 0 amide bonds. The van der Waals surface area contributed by atoms with E-state index in [1.54, 1.807) is 6.20 Å². The Hall–Kier alpha value is -1.19. The van der Waals surface area contributed by atoms with E-state index in [1.807, 2.05) is 18.2 Å². The van der Waals surface area contributed by atoms with Gasteiger partial charge in [0.1, 0.15) is 5.82 Å². The maximum absolute atomic E-state index is 8.71. The van der Waals surface area contributed by atoms with Crippen molar-refractivity contribution in [2.75, 3.05) is 6.61 Å². The van der Waals surface area contributed by atoms with Gasteiger partial charge >= 0.3 is 0 Å². The lowest BCUT2D eigenvalue weighted by molar-refractivity contribution is 0.287. The molecule has 2 rings (SSSR count). The van der Waals surface area contributed by atoms with Gasteiger partial charge in [0, 0.05) is 24.6 Å². The number of rotatable bonds is 3. The third kappa shape index (κ3) is 2.25. The van der Waals surface area contributed by atoms with Crippen LogP contribution in [0.2, 0.25) is 5.02 Å². The summed E-state index contributed by atoms with van der Waals surface area (Å²) in [4.78, 5) is 8.56. The molecule has 78 valence electrons. The predicted octanol–water partition coefficient (Wildman–Crippen LogP) is 2.21. The van der Waals surface area contributed by atoms with Crippen LogP contribution in [0.5, 0.6) is 0 Å². The summed E-state index contributed by atoms with van der Waals surface area (Å²) in [7, 11) is 0. The maximum Gasteiger partial charge on any atom is 0.129 e. The third-order valence-electron chi connectivity index (χ3n) is 2.17. The summed E-state index contributed by atoms with van der Waals surface area (Å²) in [5.74, 6) is 0.727. The molecule has 0 aliphatic carbocycles. The molecule has 0 saturated carbocycles. The molecule has 2 aromatic rings. The van der Waals surface area contributed by atoms with Gasteiger partial charge in [-0.2, -0.15) is 0 Å². The molecule has 0 aliphatic rings. The first-order chi connectivity index (χ1) is 7.31. The summed E-state index contributed by atoms with van der Waals surface area (Å²) in [6, 6.07) is 5.62. The van der Waals surface area contributed by atoms with E-state index < -0.39 is 0 Å². The molecule has 1 aromatic heterocycles. The van der Waals surface area contributed by atoms with Crippen LogP contribution in [0.15, 0.2) is 24.4 Å². The molecular weight excluding hydrogens is 212 g/mol. The fourth-order valence-corrected chi connectivity index (χ4v) is 1.64. The minimum absolute atomic E-state index is 0.157. The van der Waals surface area contributed by atoms with E-state index in [9.17, 15) is 0 Å². The van der Waals surface area contributed by atoms with Crippen molar-refractivity contribution >= 4 is 22.5 Å². The molecule has 0 bridgehead atoms. The largest absolute Gasteiger partial charge is 0.396 e. The average Bonchev–Trinajstić information content (AvgIpc) is 2.27. The van der Waals surface area contributed by atoms with Crippen LogP contribution in [0.1, 0.15) is 12.2 Å². The Bertz CT molecular complexity index is 473. The Balaban J connectivity index is 2.41. The van der Waals surface area contributed by atoms with Gasteiger partial charge < -0.3 is 5.11 Å². The van der Waals surface area contributed by atoms with Gasteiger partial charge in [-0.15, -0.1) is 0 Å². The number of halogens is 1. The van der Waals surface area contributed by atoms with Gasteiger partial charge in [0.05, 0.1) is 10.5 Å². The molecule has 0 spiro atoms. The molecule has 3 nitrogen and oxygen atoms in total. The normalized spacial score (nSPS) is 10.8. The van der Waals surface area contributed by atoms with E-state index in [1.165, 1.54) is 0 Å². The number of aromatic nitrogens is 2. The highest BCUT2D eigenvalue weighted by atomic mass is 35.5. The van der Waals surface area contributed by atoms with Gasteiger partial charge in [-0.05, 0) is 12.5 Å². The van der Waals surface area contributed by atoms with Crippen LogP contribution in [0.4, 0.5) is 0 Å². The Morgan fingerprint density at radius 1 is 1.33 bits per heavy atom. The number of hydrogen-bond acceptors (Lipinski definition) is 3. The first-order valence-corrected chi connectivity index (χ1v) is 5.20. The highest BCUT2D eigenvalue weighted by molar-refractivity contribution is 6.34. The van der Waals surface area contributed by atoms with Crippen molar-refractivity contribution in [3.63, 3.8) is 0 Å². The quantitative estimate of drug-likeness (QED) is 0.866. The highest BCUT2D eigenvalue weighted by Crippen LogP contribution is 2.20. The van der Waals surface area contributed by atoms with Crippen molar-refractivity contribution < 1.29 is 5.11 Å². The van der Waals surface area contributed by atoms with Crippen LogP contribution >= 0.6 is 11.6 Å². The number of fused-ring (bicyclic) bond motifs is 1.